The third kappa shape index (κ3) is 3.26. The van der Waals surface area contributed by atoms with Crippen LogP contribution in [0.5, 0.6) is 0 Å². The summed E-state index contributed by atoms with van der Waals surface area (Å²) in [6, 6.07) is 3.53. The lowest BCUT2D eigenvalue weighted by Gasteiger charge is -2.11. The van der Waals surface area contributed by atoms with E-state index in [1.807, 2.05) is 0 Å². The van der Waals surface area contributed by atoms with Crippen LogP contribution < -0.4 is 10.0 Å². The summed E-state index contributed by atoms with van der Waals surface area (Å²) < 4.78 is 26.3. The van der Waals surface area contributed by atoms with Crippen molar-refractivity contribution in [1.29, 1.82) is 0 Å². The van der Waals surface area contributed by atoms with Gasteiger partial charge in [0.1, 0.15) is 0 Å². The number of rotatable bonds is 4. The van der Waals surface area contributed by atoms with Crippen molar-refractivity contribution in [2.24, 2.45) is 0 Å². The minimum atomic E-state index is -3.25. The van der Waals surface area contributed by atoms with Gasteiger partial charge in [0.2, 0.25) is 10.0 Å². The van der Waals surface area contributed by atoms with E-state index in [0.717, 1.165) is 13.0 Å². The number of hydrogen-bond acceptors (Lipinski definition) is 4. The summed E-state index contributed by atoms with van der Waals surface area (Å²) in [5.74, 6) is -0.00264. The molecule has 2 N–H and O–H groups in total. The molecule has 6 heteroatoms. The van der Waals surface area contributed by atoms with E-state index in [4.69, 9.17) is 0 Å². The largest absolute Gasteiger partial charge is 0.315 e. The van der Waals surface area contributed by atoms with E-state index in [1.54, 1.807) is 24.5 Å². The highest BCUT2D eigenvalue weighted by molar-refractivity contribution is 7.88. The minimum Gasteiger partial charge on any atom is -0.315 e. The standard InChI is InChI=1S/C10H15N3O2S/c14-16(15,13-10-3-5-12-7-10)8-9-2-1-4-11-6-9/h1-2,4,6,10,12-13H,3,5,7-8H2/t10-/m0/s1. The second-order valence-electron chi connectivity index (χ2n) is 3.93. The summed E-state index contributed by atoms with van der Waals surface area (Å²) >= 11 is 0. The Kier molecular flexibility index (Phi) is 3.52. The molecule has 1 aromatic heterocycles. The molecule has 0 spiro atoms. The van der Waals surface area contributed by atoms with Crippen molar-refractivity contribution in [1.82, 2.24) is 15.0 Å². The molecule has 1 aliphatic rings. The molecule has 5 nitrogen and oxygen atoms in total. The van der Waals surface area contributed by atoms with Crippen LogP contribution in [0.2, 0.25) is 0 Å². The lowest BCUT2D eigenvalue weighted by molar-refractivity contribution is 0.559. The van der Waals surface area contributed by atoms with Crippen LogP contribution in [0.25, 0.3) is 0 Å². The molecule has 2 rings (SSSR count). The van der Waals surface area contributed by atoms with E-state index in [2.05, 4.69) is 15.0 Å². The Balaban J connectivity index is 1.97. The molecule has 0 radical (unpaired) electrons. The normalized spacial score (nSPS) is 21.1. The molecule has 0 bridgehead atoms. The van der Waals surface area contributed by atoms with Gasteiger partial charge in [-0.15, -0.1) is 0 Å². The van der Waals surface area contributed by atoms with Gasteiger partial charge in [-0.25, -0.2) is 13.1 Å². The summed E-state index contributed by atoms with van der Waals surface area (Å²) in [7, 11) is -3.25. The van der Waals surface area contributed by atoms with Crippen molar-refractivity contribution < 1.29 is 8.42 Å². The molecule has 16 heavy (non-hydrogen) atoms. The lowest BCUT2D eigenvalue weighted by atomic mass is 10.3. The first kappa shape index (κ1) is 11.5. The van der Waals surface area contributed by atoms with E-state index >= 15 is 0 Å². The monoisotopic (exact) mass is 241 g/mol. The number of aromatic nitrogens is 1. The molecule has 2 heterocycles. The fourth-order valence-corrected chi connectivity index (χ4v) is 3.16. The zero-order valence-electron chi connectivity index (χ0n) is 8.89. The van der Waals surface area contributed by atoms with Gasteiger partial charge in [-0.2, -0.15) is 0 Å². The molecule has 0 amide bonds. The Morgan fingerprint density at radius 3 is 3.06 bits per heavy atom. The molecule has 1 saturated heterocycles. The van der Waals surface area contributed by atoms with E-state index < -0.39 is 10.0 Å². The lowest BCUT2D eigenvalue weighted by Crippen LogP contribution is -2.36. The number of sulfonamides is 1. The van der Waals surface area contributed by atoms with Crippen LogP contribution >= 0.6 is 0 Å². The first-order valence-electron chi connectivity index (χ1n) is 5.25. The third-order valence-corrected chi connectivity index (χ3v) is 3.89. The Morgan fingerprint density at radius 1 is 1.56 bits per heavy atom. The first-order chi connectivity index (χ1) is 7.66. The van der Waals surface area contributed by atoms with Gasteiger partial charge in [-0.3, -0.25) is 4.98 Å². The van der Waals surface area contributed by atoms with Crippen LogP contribution in [0, 0.1) is 0 Å². The topological polar surface area (TPSA) is 71.1 Å². The third-order valence-electron chi connectivity index (χ3n) is 2.49. The first-order valence-corrected chi connectivity index (χ1v) is 6.90. The average Bonchev–Trinajstić information content (AvgIpc) is 2.70. The zero-order chi connectivity index (χ0) is 11.4. The second kappa shape index (κ2) is 4.90. The van der Waals surface area contributed by atoms with E-state index in [0.29, 0.717) is 12.1 Å². The summed E-state index contributed by atoms with van der Waals surface area (Å²) in [6.45, 7) is 1.59. The van der Waals surface area contributed by atoms with Crippen LogP contribution in [0.1, 0.15) is 12.0 Å². The quantitative estimate of drug-likeness (QED) is 0.770. The SMILES string of the molecule is O=S(=O)(Cc1cccnc1)N[C@H]1CCNC1. The molecule has 1 fully saturated rings. The van der Waals surface area contributed by atoms with Crippen LogP contribution in [0.3, 0.4) is 0 Å². The Morgan fingerprint density at radius 2 is 2.44 bits per heavy atom. The van der Waals surface area contributed by atoms with Gasteiger partial charge in [0.25, 0.3) is 0 Å². The Hall–Kier alpha value is -0.980. The van der Waals surface area contributed by atoms with Crippen LogP contribution in [0.4, 0.5) is 0 Å². The van der Waals surface area contributed by atoms with E-state index in [9.17, 15) is 8.42 Å². The second-order valence-corrected chi connectivity index (χ2v) is 5.68. The minimum absolute atomic E-state index is 0.00264. The van der Waals surface area contributed by atoms with E-state index in [-0.39, 0.29) is 11.8 Å². The van der Waals surface area contributed by atoms with Gasteiger partial charge in [0, 0.05) is 25.0 Å². The van der Waals surface area contributed by atoms with Gasteiger partial charge in [0.15, 0.2) is 0 Å². The fourth-order valence-electron chi connectivity index (χ4n) is 1.75. The molecule has 0 aromatic carbocycles. The molecule has 1 aromatic rings. The number of nitrogens with one attached hydrogen (secondary N) is 2. The summed E-state index contributed by atoms with van der Waals surface area (Å²) in [4.78, 5) is 3.90. The highest BCUT2D eigenvalue weighted by Crippen LogP contribution is 2.05. The van der Waals surface area contributed by atoms with Crippen molar-refractivity contribution in [3.8, 4) is 0 Å². The van der Waals surface area contributed by atoms with Crippen molar-refractivity contribution in [2.75, 3.05) is 13.1 Å². The van der Waals surface area contributed by atoms with Crippen LogP contribution in [-0.2, 0) is 15.8 Å². The molecule has 88 valence electrons. The average molecular weight is 241 g/mol. The van der Waals surface area contributed by atoms with Crippen molar-refractivity contribution in [3.63, 3.8) is 0 Å². The van der Waals surface area contributed by atoms with Gasteiger partial charge >= 0.3 is 0 Å². The molecule has 0 saturated carbocycles. The van der Waals surface area contributed by atoms with Gasteiger partial charge in [0.05, 0.1) is 5.75 Å². The van der Waals surface area contributed by atoms with Gasteiger partial charge in [-0.05, 0) is 24.6 Å². The smallest absolute Gasteiger partial charge is 0.216 e. The number of pyridine rings is 1. The summed E-state index contributed by atoms with van der Waals surface area (Å²) in [5, 5.41) is 3.12. The highest BCUT2D eigenvalue weighted by atomic mass is 32.2. The molecule has 1 aliphatic heterocycles. The maximum Gasteiger partial charge on any atom is 0.216 e. The molecule has 0 unspecified atom stereocenters. The predicted molar refractivity (Wildman–Crippen MR) is 61.3 cm³/mol. The van der Waals surface area contributed by atoms with Crippen molar-refractivity contribution in [3.05, 3.63) is 30.1 Å². The van der Waals surface area contributed by atoms with Crippen molar-refractivity contribution >= 4 is 10.0 Å². The number of hydrogen-bond donors (Lipinski definition) is 2. The Labute approximate surface area is 95.3 Å². The Bertz CT molecular complexity index is 427. The van der Waals surface area contributed by atoms with Crippen LogP contribution in [-0.4, -0.2) is 32.5 Å². The fraction of sp³-hybridized carbons (Fsp3) is 0.500. The molecule has 1 atom stereocenters. The predicted octanol–water partition coefficient (Wildman–Crippen LogP) is -0.137. The van der Waals surface area contributed by atoms with Gasteiger partial charge in [-0.1, -0.05) is 6.07 Å². The highest BCUT2D eigenvalue weighted by Gasteiger charge is 2.21. The molecular weight excluding hydrogens is 226 g/mol. The molecular formula is C10H15N3O2S. The summed E-state index contributed by atoms with van der Waals surface area (Å²) in [6.07, 6.45) is 4.06. The van der Waals surface area contributed by atoms with E-state index in [1.165, 1.54) is 0 Å². The van der Waals surface area contributed by atoms with Crippen LogP contribution in [0.15, 0.2) is 24.5 Å². The maximum atomic E-state index is 11.8. The molecule has 0 aliphatic carbocycles. The number of nitrogens with zero attached hydrogens (tertiary/aromatic N) is 1. The maximum absolute atomic E-state index is 11.8. The van der Waals surface area contributed by atoms with Crippen molar-refractivity contribution in [2.45, 2.75) is 18.2 Å². The van der Waals surface area contributed by atoms with Gasteiger partial charge < -0.3 is 5.32 Å². The summed E-state index contributed by atoms with van der Waals surface area (Å²) in [5.41, 5.74) is 0.709. The zero-order valence-corrected chi connectivity index (χ0v) is 9.70.